The first kappa shape index (κ1) is 17.7. The molecule has 0 radical (unpaired) electrons. The van der Waals surface area contributed by atoms with E-state index in [2.05, 4.69) is 27.2 Å². The summed E-state index contributed by atoms with van der Waals surface area (Å²) in [6.07, 6.45) is 9.22. The fourth-order valence-electron chi connectivity index (χ4n) is 4.02. The summed E-state index contributed by atoms with van der Waals surface area (Å²) < 4.78 is 1.94. The number of fused-ring (bicyclic) bond motifs is 1. The Morgan fingerprint density at radius 3 is 2.74 bits per heavy atom. The van der Waals surface area contributed by atoms with Gasteiger partial charge in [0.15, 0.2) is 5.82 Å². The molecule has 0 aliphatic heterocycles. The van der Waals surface area contributed by atoms with Crippen molar-refractivity contribution in [2.24, 2.45) is 24.6 Å². The number of imidazole rings is 1. The molecule has 7 nitrogen and oxygen atoms in total. The molecule has 0 bridgehead atoms. The molecule has 0 spiro atoms. The normalized spacial score (nSPS) is 21.3. The number of nitrogens with two attached hydrogens (primary N) is 1. The molecule has 4 N–H and O–H groups in total. The Hall–Kier alpha value is -2.67. The van der Waals surface area contributed by atoms with Crippen molar-refractivity contribution in [2.45, 2.75) is 38.6 Å². The number of hydrogen-bond acceptors (Lipinski definition) is 4. The Bertz CT molecular complexity index is 948. The van der Waals surface area contributed by atoms with Crippen LogP contribution in [0.4, 0.5) is 5.69 Å². The van der Waals surface area contributed by atoms with Crippen molar-refractivity contribution >= 4 is 22.6 Å². The Morgan fingerprint density at radius 2 is 2.07 bits per heavy atom. The first-order chi connectivity index (χ1) is 13.0. The molecule has 7 heteroatoms. The molecule has 1 aliphatic carbocycles. The van der Waals surface area contributed by atoms with Gasteiger partial charge in [-0.1, -0.05) is 0 Å². The lowest BCUT2D eigenvalue weighted by molar-refractivity contribution is -0.121. The van der Waals surface area contributed by atoms with Crippen LogP contribution in [0.15, 0.2) is 30.7 Å². The summed E-state index contributed by atoms with van der Waals surface area (Å²) in [5.41, 5.74) is 8.42. The maximum absolute atomic E-state index is 12.8. The van der Waals surface area contributed by atoms with Gasteiger partial charge in [-0.2, -0.15) is 0 Å². The fourth-order valence-corrected chi connectivity index (χ4v) is 4.02. The zero-order valence-corrected chi connectivity index (χ0v) is 15.8. The van der Waals surface area contributed by atoms with Crippen LogP contribution in [-0.4, -0.2) is 31.5 Å². The molecule has 1 unspecified atom stereocenters. The first-order valence-corrected chi connectivity index (χ1v) is 9.55. The average Bonchev–Trinajstić information content (AvgIpc) is 3.28. The van der Waals surface area contributed by atoms with E-state index in [1.54, 1.807) is 12.4 Å². The molecular formula is C20H26N6O. The van der Waals surface area contributed by atoms with E-state index in [0.29, 0.717) is 5.92 Å². The molecule has 1 fully saturated rings. The number of nitrogens with one attached hydrogen (secondary N) is 2. The largest absolute Gasteiger partial charge is 0.337 e. The molecule has 1 saturated carbocycles. The number of aromatic amines is 1. The minimum Gasteiger partial charge on any atom is -0.337 e. The second kappa shape index (κ2) is 7.15. The van der Waals surface area contributed by atoms with Crippen molar-refractivity contribution in [3.05, 3.63) is 30.7 Å². The number of anilines is 1. The average molecular weight is 366 g/mol. The molecule has 27 heavy (non-hydrogen) atoms. The maximum atomic E-state index is 12.8. The minimum atomic E-state index is 0.0520. The van der Waals surface area contributed by atoms with Gasteiger partial charge in [0.2, 0.25) is 5.91 Å². The van der Waals surface area contributed by atoms with E-state index >= 15 is 0 Å². The van der Waals surface area contributed by atoms with Crippen molar-refractivity contribution in [1.82, 2.24) is 19.5 Å². The van der Waals surface area contributed by atoms with E-state index < -0.39 is 0 Å². The van der Waals surface area contributed by atoms with Gasteiger partial charge >= 0.3 is 0 Å². The number of rotatable bonds is 4. The van der Waals surface area contributed by atoms with Crippen molar-refractivity contribution in [3.8, 4) is 11.5 Å². The smallest absolute Gasteiger partial charge is 0.227 e. The second-order valence-electron chi connectivity index (χ2n) is 7.63. The zero-order chi connectivity index (χ0) is 19.0. The quantitative estimate of drug-likeness (QED) is 0.660. The second-order valence-corrected chi connectivity index (χ2v) is 7.63. The highest BCUT2D eigenvalue weighted by molar-refractivity contribution is 6.02. The van der Waals surface area contributed by atoms with Crippen LogP contribution in [0, 0.1) is 11.8 Å². The van der Waals surface area contributed by atoms with Gasteiger partial charge in [0, 0.05) is 43.0 Å². The molecular weight excluding hydrogens is 340 g/mol. The summed E-state index contributed by atoms with van der Waals surface area (Å²) in [5.74, 6) is 1.51. The van der Waals surface area contributed by atoms with Crippen LogP contribution in [0.1, 0.15) is 32.6 Å². The minimum absolute atomic E-state index is 0.0520. The Kier molecular flexibility index (Phi) is 4.70. The number of amides is 1. The van der Waals surface area contributed by atoms with Gasteiger partial charge in [0.1, 0.15) is 5.65 Å². The molecule has 142 valence electrons. The van der Waals surface area contributed by atoms with E-state index in [-0.39, 0.29) is 17.9 Å². The number of hydrogen-bond donors (Lipinski definition) is 3. The Balaban J connectivity index is 1.53. The van der Waals surface area contributed by atoms with Gasteiger partial charge in [0.25, 0.3) is 0 Å². The highest BCUT2D eigenvalue weighted by atomic mass is 16.1. The third-order valence-electron chi connectivity index (χ3n) is 5.74. The molecule has 3 aromatic heterocycles. The summed E-state index contributed by atoms with van der Waals surface area (Å²) in [5, 5.41) is 4.01. The molecule has 1 amide bonds. The molecule has 0 aromatic carbocycles. The van der Waals surface area contributed by atoms with Gasteiger partial charge in [-0.3, -0.25) is 4.79 Å². The summed E-state index contributed by atoms with van der Waals surface area (Å²) in [6, 6.07) is 4.05. The van der Waals surface area contributed by atoms with Crippen LogP contribution in [0.2, 0.25) is 0 Å². The molecule has 3 aromatic rings. The third-order valence-corrected chi connectivity index (χ3v) is 5.74. The lowest BCUT2D eigenvalue weighted by Crippen LogP contribution is -2.33. The summed E-state index contributed by atoms with van der Waals surface area (Å²) >= 11 is 0. The van der Waals surface area contributed by atoms with Crippen LogP contribution in [0.3, 0.4) is 0 Å². The zero-order valence-electron chi connectivity index (χ0n) is 15.8. The Labute approximate surface area is 158 Å². The maximum Gasteiger partial charge on any atom is 0.227 e. The van der Waals surface area contributed by atoms with Crippen LogP contribution in [-0.2, 0) is 11.8 Å². The van der Waals surface area contributed by atoms with Gasteiger partial charge in [-0.15, -0.1) is 0 Å². The van der Waals surface area contributed by atoms with Crippen LogP contribution < -0.4 is 11.1 Å². The van der Waals surface area contributed by atoms with Crippen LogP contribution >= 0.6 is 0 Å². The number of nitrogens with zero attached hydrogens (tertiary/aromatic N) is 3. The van der Waals surface area contributed by atoms with E-state index in [9.17, 15) is 4.79 Å². The first-order valence-electron chi connectivity index (χ1n) is 9.55. The van der Waals surface area contributed by atoms with Crippen molar-refractivity contribution < 1.29 is 4.79 Å². The number of aryl methyl sites for hydroxylation is 1. The third kappa shape index (κ3) is 3.47. The standard InChI is InChI=1S/C20H26N6O/c1-12(21)13-3-5-14(6-4-13)20(27)25-16-7-8-22-18-15(16)11-17(24-18)19-23-9-10-26(19)2/h7-14H,3-6,21H2,1-2H3,(H2,22,24,25,27). The summed E-state index contributed by atoms with van der Waals surface area (Å²) in [4.78, 5) is 24.8. The van der Waals surface area contributed by atoms with Crippen molar-refractivity contribution in [3.63, 3.8) is 0 Å². The Morgan fingerprint density at radius 1 is 1.30 bits per heavy atom. The van der Waals surface area contributed by atoms with Gasteiger partial charge in [-0.05, 0) is 50.7 Å². The van der Waals surface area contributed by atoms with Crippen LogP contribution in [0.5, 0.6) is 0 Å². The van der Waals surface area contributed by atoms with Crippen LogP contribution in [0.25, 0.3) is 22.6 Å². The number of H-pyrrole nitrogens is 1. The van der Waals surface area contributed by atoms with Gasteiger partial charge in [0.05, 0.1) is 11.4 Å². The molecule has 3 heterocycles. The topological polar surface area (TPSA) is 102 Å². The highest BCUT2D eigenvalue weighted by Gasteiger charge is 2.28. The van der Waals surface area contributed by atoms with E-state index in [1.807, 2.05) is 29.9 Å². The summed E-state index contributed by atoms with van der Waals surface area (Å²) in [7, 11) is 1.95. The molecule has 1 atom stereocenters. The SMILES string of the molecule is CC(N)C1CCC(C(=O)Nc2ccnc3[nH]c(-c4nccn4C)cc23)CC1. The fraction of sp³-hybridized carbons (Fsp3) is 0.450. The predicted molar refractivity (Wildman–Crippen MR) is 106 cm³/mol. The number of aromatic nitrogens is 4. The van der Waals surface area contributed by atoms with E-state index in [0.717, 1.165) is 53.9 Å². The highest BCUT2D eigenvalue weighted by Crippen LogP contribution is 2.32. The summed E-state index contributed by atoms with van der Waals surface area (Å²) in [6.45, 7) is 2.06. The molecule has 0 saturated heterocycles. The van der Waals surface area contributed by atoms with E-state index in [4.69, 9.17) is 5.73 Å². The predicted octanol–water partition coefficient (Wildman–Crippen LogP) is 3.06. The lowest BCUT2D eigenvalue weighted by atomic mass is 9.79. The number of carbonyl (C=O) groups excluding carboxylic acids is 1. The monoisotopic (exact) mass is 366 g/mol. The van der Waals surface area contributed by atoms with Crippen molar-refractivity contribution in [1.29, 1.82) is 0 Å². The number of pyridine rings is 1. The molecule has 4 rings (SSSR count). The van der Waals surface area contributed by atoms with Gasteiger partial charge < -0.3 is 20.6 Å². The van der Waals surface area contributed by atoms with Gasteiger partial charge in [-0.25, -0.2) is 9.97 Å². The lowest BCUT2D eigenvalue weighted by Gasteiger charge is -2.30. The number of carbonyl (C=O) groups is 1. The van der Waals surface area contributed by atoms with Crippen molar-refractivity contribution in [2.75, 3.05) is 5.32 Å². The van der Waals surface area contributed by atoms with E-state index in [1.165, 1.54) is 0 Å². The molecule has 1 aliphatic rings.